The number of carbonyl (C=O) groups is 1. The van der Waals surface area contributed by atoms with Gasteiger partial charge in [0.25, 0.3) is 0 Å². The third kappa shape index (κ3) is 3.37. The molecule has 0 spiro atoms. The third-order valence-corrected chi connectivity index (χ3v) is 6.03. The van der Waals surface area contributed by atoms with E-state index in [-0.39, 0.29) is 35.5 Å². The van der Waals surface area contributed by atoms with Gasteiger partial charge >= 0.3 is 0 Å². The standard InChI is InChI=1S/C21H22FN5O/c22-16-3-1-13(8-23)18(7-16)15-5-14(10-25-11-15)12-2-4-17-19(6-12)20(9-24)26-27-21(17)28/h1,3,5,7,10-12,17,19-20,26H,2,4,6,9,24H2,(H,27,28). The fourth-order valence-corrected chi connectivity index (χ4v) is 4.56. The van der Waals surface area contributed by atoms with E-state index in [0.717, 1.165) is 30.4 Å². The molecule has 1 amide bonds. The summed E-state index contributed by atoms with van der Waals surface area (Å²) in [6.07, 6.45) is 6.00. The molecule has 0 bridgehead atoms. The van der Waals surface area contributed by atoms with E-state index in [1.165, 1.54) is 18.2 Å². The lowest BCUT2D eigenvalue weighted by Crippen LogP contribution is -2.62. The second-order valence-electron chi connectivity index (χ2n) is 7.56. The molecule has 4 atom stereocenters. The molecule has 4 N–H and O–H groups in total. The number of nitrogens with two attached hydrogens (primary N) is 1. The molecule has 2 aromatic rings. The van der Waals surface area contributed by atoms with Gasteiger partial charge in [0.2, 0.25) is 5.91 Å². The van der Waals surface area contributed by atoms with Gasteiger partial charge in [-0.3, -0.25) is 15.2 Å². The summed E-state index contributed by atoms with van der Waals surface area (Å²) in [5.41, 5.74) is 14.4. The SMILES string of the molecule is N#Cc1ccc(F)cc1-c1cncc(C2CCC3C(=O)NNC(CN)C3C2)c1. The predicted molar refractivity (Wildman–Crippen MR) is 102 cm³/mol. The van der Waals surface area contributed by atoms with Crippen molar-refractivity contribution < 1.29 is 9.18 Å². The van der Waals surface area contributed by atoms with Crippen LogP contribution in [0.1, 0.15) is 36.3 Å². The Hall–Kier alpha value is -2.82. The zero-order valence-corrected chi connectivity index (χ0v) is 15.4. The van der Waals surface area contributed by atoms with Crippen molar-refractivity contribution in [3.63, 3.8) is 0 Å². The van der Waals surface area contributed by atoms with Crippen molar-refractivity contribution in [2.75, 3.05) is 6.54 Å². The van der Waals surface area contributed by atoms with Gasteiger partial charge in [0.05, 0.1) is 11.6 Å². The van der Waals surface area contributed by atoms with Crippen molar-refractivity contribution in [3.05, 3.63) is 53.6 Å². The smallest absolute Gasteiger partial charge is 0.237 e. The molecule has 6 nitrogen and oxygen atoms in total. The number of nitrogens with zero attached hydrogens (tertiary/aromatic N) is 2. The minimum Gasteiger partial charge on any atom is -0.329 e. The maximum Gasteiger partial charge on any atom is 0.237 e. The number of carbonyl (C=O) groups excluding carboxylic acids is 1. The number of nitriles is 1. The van der Waals surface area contributed by atoms with E-state index in [1.54, 1.807) is 6.20 Å². The lowest BCUT2D eigenvalue weighted by Gasteiger charge is -2.43. The minimum absolute atomic E-state index is 0.0180. The fraction of sp³-hybridized carbons (Fsp3) is 0.381. The maximum absolute atomic E-state index is 13.7. The predicted octanol–water partition coefficient (Wildman–Crippen LogP) is 2.22. The Morgan fingerprint density at radius 2 is 2.14 bits per heavy atom. The Labute approximate surface area is 162 Å². The van der Waals surface area contributed by atoms with E-state index in [0.29, 0.717) is 17.7 Å². The van der Waals surface area contributed by atoms with Crippen LogP contribution < -0.4 is 16.6 Å². The van der Waals surface area contributed by atoms with Crippen LogP contribution in [-0.2, 0) is 4.79 Å². The average Bonchev–Trinajstić information content (AvgIpc) is 2.74. The van der Waals surface area contributed by atoms with Crippen molar-refractivity contribution in [2.45, 2.75) is 31.2 Å². The maximum atomic E-state index is 13.7. The Balaban J connectivity index is 1.63. The molecule has 0 radical (unpaired) electrons. The van der Waals surface area contributed by atoms with Crippen molar-refractivity contribution in [2.24, 2.45) is 17.6 Å². The summed E-state index contributed by atoms with van der Waals surface area (Å²) in [7, 11) is 0. The van der Waals surface area contributed by atoms with Crippen molar-refractivity contribution in [1.29, 1.82) is 5.26 Å². The number of hydrogen-bond acceptors (Lipinski definition) is 5. The van der Waals surface area contributed by atoms with Crippen molar-refractivity contribution >= 4 is 5.91 Å². The normalized spacial score (nSPS) is 26.8. The molecule has 4 rings (SSSR count). The van der Waals surface area contributed by atoms with E-state index in [4.69, 9.17) is 5.73 Å². The Morgan fingerprint density at radius 3 is 2.93 bits per heavy atom. The van der Waals surface area contributed by atoms with Crippen LogP contribution >= 0.6 is 0 Å². The van der Waals surface area contributed by atoms with E-state index < -0.39 is 0 Å². The molecule has 2 aliphatic rings. The highest BCUT2D eigenvalue weighted by molar-refractivity contribution is 5.79. The monoisotopic (exact) mass is 379 g/mol. The highest BCUT2D eigenvalue weighted by Crippen LogP contribution is 2.42. The van der Waals surface area contributed by atoms with Crippen LogP contribution in [0.3, 0.4) is 0 Å². The molecular formula is C21H22FN5O. The molecule has 1 aliphatic carbocycles. The van der Waals surface area contributed by atoms with Crippen LogP contribution in [0.25, 0.3) is 11.1 Å². The number of pyridine rings is 1. The number of hydrogen-bond donors (Lipinski definition) is 3. The van der Waals surface area contributed by atoms with Crippen LogP contribution in [0.5, 0.6) is 0 Å². The Kier molecular flexibility index (Phi) is 5.07. The first-order chi connectivity index (χ1) is 13.6. The topological polar surface area (TPSA) is 104 Å². The highest BCUT2D eigenvalue weighted by atomic mass is 19.1. The van der Waals surface area contributed by atoms with E-state index >= 15 is 0 Å². The van der Waals surface area contributed by atoms with Crippen molar-refractivity contribution in [1.82, 2.24) is 15.8 Å². The van der Waals surface area contributed by atoms with Gasteiger partial charge in [0.15, 0.2) is 0 Å². The molecular weight excluding hydrogens is 357 g/mol. The van der Waals surface area contributed by atoms with E-state index in [9.17, 15) is 14.4 Å². The Bertz CT molecular complexity index is 941. The fourth-order valence-electron chi connectivity index (χ4n) is 4.56. The van der Waals surface area contributed by atoms with Gasteiger partial charge in [-0.15, -0.1) is 0 Å². The second kappa shape index (κ2) is 7.66. The van der Waals surface area contributed by atoms with Gasteiger partial charge in [-0.1, -0.05) is 0 Å². The molecule has 2 heterocycles. The van der Waals surface area contributed by atoms with Gasteiger partial charge in [-0.2, -0.15) is 5.26 Å². The number of fused-ring (bicyclic) bond motifs is 1. The van der Waals surface area contributed by atoms with Gasteiger partial charge in [-0.05, 0) is 60.9 Å². The minimum atomic E-state index is -0.384. The molecule has 1 aromatic heterocycles. The van der Waals surface area contributed by atoms with Crippen LogP contribution in [0.15, 0.2) is 36.7 Å². The summed E-state index contributed by atoms with van der Waals surface area (Å²) in [4.78, 5) is 16.5. The molecule has 2 fully saturated rings. The molecule has 1 saturated carbocycles. The average molecular weight is 379 g/mol. The first-order valence-corrected chi connectivity index (χ1v) is 9.51. The summed E-state index contributed by atoms with van der Waals surface area (Å²) >= 11 is 0. The molecule has 1 saturated heterocycles. The lowest BCUT2D eigenvalue weighted by molar-refractivity contribution is -0.133. The van der Waals surface area contributed by atoms with Gasteiger partial charge in [-0.25, -0.2) is 9.82 Å². The lowest BCUT2D eigenvalue weighted by atomic mass is 9.68. The summed E-state index contributed by atoms with van der Waals surface area (Å²) < 4.78 is 13.7. The van der Waals surface area contributed by atoms with Crippen LogP contribution in [0.2, 0.25) is 0 Å². The third-order valence-electron chi connectivity index (χ3n) is 6.03. The van der Waals surface area contributed by atoms with Crippen LogP contribution in [-0.4, -0.2) is 23.5 Å². The molecule has 1 aliphatic heterocycles. The number of halogens is 1. The van der Waals surface area contributed by atoms with Gasteiger partial charge < -0.3 is 5.73 Å². The molecule has 4 unspecified atom stereocenters. The number of aromatic nitrogens is 1. The summed E-state index contributed by atoms with van der Waals surface area (Å²) in [6.45, 7) is 0.460. The van der Waals surface area contributed by atoms with Crippen LogP contribution in [0.4, 0.5) is 4.39 Å². The molecule has 1 aromatic carbocycles. The first kappa shape index (κ1) is 18.5. The first-order valence-electron chi connectivity index (χ1n) is 9.51. The van der Waals surface area contributed by atoms with Crippen LogP contribution in [0, 0.1) is 29.0 Å². The molecule has 144 valence electrons. The van der Waals surface area contributed by atoms with E-state index in [1.807, 2.05) is 12.3 Å². The zero-order valence-electron chi connectivity index (χ0n) is 15.4. The number of benzene rings is 1. The Morgan fingerprint density at radius 1 is 1.29 bits per heavy atom. The van der Waals surface area contributed by atoms with Gasteiger partial charge in [0, 0.05) is 42.0 Å². The largest absolute Gasteiger partial charge is 0.329 e. The summed E-state index contributed by atoms with van der Waals surface area (Å²) in [5.74, 6) is 0.0542. The number of amides is 1. The number of nitrogens with one attached hydrogen (secondary N) is 2. The molecule has 7 heteroatoms. The molecule has 28 heavy (non-hydrogen) atoms. The number of hydrazine groups is 1. The zero-order chi connectivity index (χ0) is 19.7. The highest BCUT2D eigenvalue weighted by Gasteiger charge is 2.42. The quantitative estimate of drug-likeness (QED) is 0.759. The summed E-state index contributed by atoms with van der Waals surface area (Å²) in [6, 6.07) is 8.30. The van der Waals surface area contributed by atoms with Crippen molar-refractivity contribution in [3.8, 4) is 17.2 Å². The van der Waals surface area contributed by atoms with E-state index in [2.05, 4.69) is 21.9 Å². The second-order valence-corrected chi connectivity index (χ2v) is 7.56. The number of rotatable bonds is 3. The van der Waals surface area contributed by atoms with Gasteiger partial charge in [0.1, 0.15) is 5.82 Å². The summed E-state index contributed by atoms with van der Waals surface area (Å²) in [5, 5.41) is 9.35.